The summed E-state index contributed by atoms with van der Waals surface area (Å²) in [5.41, 5.74) is 2.02. The third-order valence-corrected chi connectivity index (χ3v) is 3.03. The van der Waals surface area contributed by atoms with Crippen molar-refractivity contribution in [1.29, 1.82) is 0 Å². The number of hydrogen-bond acceptors (Lipinski definition) is 3. The number of aryl methyl sites for hydroxylation is 1. The van der Waals surface area contributed by atoms with Gasteiger partial charge in [0.05, 0.1) is 13.5 Å². The highest BCUT2D eigenvalue weighted by molar-refractivity contribution is 5.79. The molecule has 1 amide bonds. The van der Waals surface area contributed by atoms with Gasteiger partial charge in [0.15, 0.2) is 0 Å². The molecule has 5 nitrogen and oxygen atoms in total. The zero-order valence-electron chi connectivity index (χ0n) is 11.8. The predicted molar refractivity (Wildman–Crippen MR) is 76.7 cm³/mol. The van der Waals surface area contributed by atoms with E-state index in [1.165, 1.54) is 0 Å². The molecule has 1 aromatic carbocycles. The number of benzene rings is 1. The number of nitrogens with zero attached hydrogens (tertiary/aromatic N) is 1. The fourth-order valence-corrected chi connectivity index (χ4v) is 2.04. The van der Waals surface area contributed by atoms with Gasteiger partial charge in [-0.3, -0.25) is 4.79 Å². The summed E-state index contributed by atoms with van der Waals surface area (Å²) in [5, 5.41) is 2.89. The van der Waals surface area contributed by atoms with E-state index in [-0.39, 0.29) is 5.91 Å². The van der Waals surface area contributed by atoms with Crippen LogP contribution in [0.15, 0.2) is 30.6 Å². The SMILES string of the molecule is COc1ccc(C)cc1CC(=O)NCCc1ncc[nH]1. The first-order chi connectivity index (χ1) is 9.69. The molecular formula is C15H19N3O2. The van der Waals surface area contributed by atoms with E-state index >= 15 is 0 Å². The number of amides is 1. The summed E-state index contributed by atoms with van der Waals surface area (Å²) in [5.74, 6) is 1.61. The Morgan fingerprint density at radius 2 is 2.30 bits per heavy atom. The van der Waals surface area contributed by atoms with E-state index in [1.54, 1.807) is 19.5 Å². The number of carbonyl (C=O) groups is 1. The van der Waals surface area contributed by atoms with Gasteiger partial charge in [0.1, 0.15) is 11.6 Å². The molecule has 106 valence electrons. The molecule has 0 bridgehead atoms. The average molecular weight is 273 g/mol. The van der Waals surface area contributed by atoms with E-state index in [0.717, 1.165) is 22.7 Å². The number of aromatic amines is 1. The van der Waals surface area contributed by atoms with Crippen molar-refractivity contribution in [2.45, 2.75) is 19.8 Å². The Kier molecular flexibility index (Phi) is 4.76. The normalized spacial score (nSPS) is 10.3. The van der Waals surface area contributed by atoms with Crippen LogP contribution in [0.2, 0.25) is 0 Å². The van der Waals surface area contributed by atoms with Crippen LogP contribution in [-0.2, 0) is 17.6 Å². The minimum absolute atomic E-state index is 0.0135. The summed E-state index contributed by atoms with van der Waals surface area (Å²) >= 11 is 0. The summed E-state index contributed by atoms with van der Waals surface area (Å²) < 4.78 is 5.27. The molecule has 0 fully saturated rings. The topological polar surface area (TPSA) is 67.0 Å². The first-order valence-corrected chi connectivity index (χ1v) is 6.57. The largest absolute Gasteiger partial charge is 0.496 e. The van der Waals surface area contributed by atoms with Gasteiger partial charge in [-0.1, -0.05) is 17.7 Å². The monoisotopic (exact) mass is 273 g/mol. The molecule has 20 heavy (non-hydrogen) atoms. The lowest BCUT2D eigenvalue weighted by molar-refractivity contribution is -0.120. The second kappa shape index (κ2) is 6.75. The lowest BCUT2D eigenvalue weighted by Crippen LogP contribution is -2.27. The zero-order valence-corrected chi connectivity index (χ0v) is 11.8. The minimum atomic E-state index is -0.0135. The van der Waals surface area contributed by atoms with Crippen LogP contribution in [0.25, 0.3) is 0 Å². The van der Waals surface area contributed by atoms with Gasteiger partial charge < -0.3 is 15.0 Å². The van der Waals surface area contributed by atoms with Gasteiger partial charge in [0.25, 0.3) is 0 Å². The molecule has 1 heterocycles. The number of carbonyl (C=O) groups excluding carboxylic acids is 1. The van der Waals surface area contributed by atoms with Crippen LogP contribution in [0.5, 0.6) is 5.75 Å². The summed E-state index contributed by atoms with van der Waals surface area (Å²) in [6.45, 7) is 2.57. The van der Waals surface area contributed by atoms with Crippen molar-refractivity contribution >= 4 is 5.91 Å². The number of rotatable bonds is 6. The predicted octanol–water partition coefficient (Wildman–Crippen LogP) is 1.63. The van der Waals surface area contributed by atoms with E-state index in [9.17, 15) is 4.79 Å². The van der Waals surface area contributed by atoms with Gasteiger partial charge in [-0.2, -0.15) is 0 Å². The van der Waals surface area contributed by atoms with E-state index in [2.05, 4.69) is 15.3 Å². The van der Waals surface area contributed by atoms with Crippen molar-refractivity contribution in [3.05, 3.63) is 47.5 Å². The van der Waals surface area contributed by atoms with Gasteiger partial charge in [0, 0.05) is 30.9 Å². The van der Waals surface area contributed by atoms with Crippen LogP contribution in [0.4, 0.5) is 0 Å². The number of nitrogens with one attached hydrogen (secondary N) is 2. The van der Waals surface area contributed by atoms with Crippen molar-refractivity contribution in [3.63, 3.8) is 0 Å². The van der Waals surface area contributed by atoms with Crippen molar-refractivity contribution in [2.75, 3.05) is 13.7 Å². The van der Waals surface area contributed by atoms with Crippen LogP contribution in [-0.4, -0.2) is 29.5 Å². The molecule has 0 atom stereocenters. The molecule has 0 radical (unpaired) electrons. The van der Waals surface area contributed by atoms with Crippen molar-refractivity contribution in [1.82, 2.24) is 15.3 Å². The van der Waals surface area contributed by atoms with E-state index in [4.69, 9.17) is 4.74 Å². The minimum Gasteiger partial charge on any atom is -0.496 e. The summed E-state index contributed by atoms with van der Waals surface area (Å²) in [7, 11) is 1.61. The second-order valence-electron chi connectivity index (χ2n) is 4.63. The lowest BCUT2D eigenvalue weighted by Gasteiger charge is -2.09. The van der Waals surface area contributed by atoms with Crippen molar-refractivity contribution in [3.8, 4) is 5.75 Å². The third-order valence-electron chi connectivity index (χ3n) is 3.03. The highest BCUT2D eigenvalue weighted by Crippen LogP contribution is 2.19. The summed E-state index contributed by atoms with van der Waals surface area (Å²) in [6, 6.07) is 5.84. The van der Waals surface area contributed by atoms with Crippen LogP contribution >= 0.6 is 0 Å². The third kappa shape index (κ3) is 3.85. The smallest absolute Gasteiger partial charge is 0.224 e. The Labute approximate surface area is 118 Å². The van der Waals surface area contributed by atoms with Crippen molar-refractivity contribution < 1.29 is 9.53 Å². The molecule has 2 rings (SSSR count). The zero-order chi connectivity index (χ0) is 14.4. The molecule has 0 saturated carbocycles. The molecule has 0 unspecified atom stereocenters. The molecule has 0 aliphatic heterocycles. The maximum absolute atomic E-state index is 11.9. The number of hydrogen-bond donors (Lipinski definition) is 2. The summed E-state index contributed by atoms with van der Waals surface area (Å²) in [6.07, 6.45) is 4.50. The van der Waals surface area contributed by atoms with E-state index in [1.807, 2.05) is 25.1 Å². The van der Waals surface area contributed by atoms with E-state index < -0.39 is 0 Å². The maximum Gasteiger partial charge on any atom is 0.224 e. The molecule has 2 N–H and O–H groups in total. The second-order valence-corrected chi connectivity index (χ2v) is 4.63. The van der Waals surface area contributed by atoms with Gasteiger partial charge in [-0.05, 0) is 13.0 Å². The fraction of sp³-hybridized carbons (Fsp3) is 0.333. The highest BCUT2D eigenvalue weighted by Gasteiger charge is 2.09. The molecule has 5 heteroatoms. The quantitative estimate of drug-likeness (QED) is 0.840. The average Bonchev–Trinajstić information content (AvgIpc) is 2.92. The van der Waals surface area contributed by atoms with Crippen LogP contribution in [0.1, 0.15) is 17.0 Å². The van der Waals surface area contributed by atoms with Gasteiger partial charge in [-0.25, -0.2) is 4.98 Å². The Morgan fingerprint density at radius 1 is 1.45 bits per heavy atom. The highest BCUT2D eigenvalue weighted by atomic mass is 16.5. The summed E-state index contributed by atoms with van der Waals surface area (Å²) in [4.78, 5) is 19.0. The Hall–Kier alpha value is -2.30. The molecule has 0 saturated heterocycles. The number of methoxy groups -OCH3 is 1. The lowest BCUT2D eigenvalue weighted by atomic mass is 10.1. The molecule has 0 aliphatic rings. The first kappa shape index (κ1) is 14.1. The molecular weight excluding hydrogens is 254 g/mol. The molecule has 1 aromatic heterocycles. The van der Waals surface area contributed by atoms with Crippen LogP contribution in [0, 0.1) is 6.92 Å². The van der Waals surface area contributed by atoms with Crippen LogP contribution in [0.3, 0.4) is 0 Å². The Bertz CT molecular complexity index is 565. The van der Waals surface area contributed by atoms with Gasteiger partial charge >= 0.3 is 0 Å². The number of H-pyrrole nitrogens is 1. The fourth-order valence-electron chi connectivity index (χ4n) is 2.04. The van der Waals surface area contributed by atoms with Gasteiger partial charge in [-0.15, -0.1) is 0 Å². The first-order valence-electron chi connectivity index (χ1n) is 6.57. The van der Waals surface area contributed by atoms with Crippen LogP contribution < -0.4 is 10.1 Å². The molecule has 0 aliphatic carbocycles. The maximum atomic E-state index is 11.9. The standard InChI is InChI=1S/C15H19N3O2/c1-11-3-4-13(20-2)12(9-11)10-15(19)18-6-5-14-16-7-8-17-14/h3-4,7-9H,5-6,10H2,1-2H3,(H,16,17)(H,18,19). The molecule has 2 aromatic rings. The van der Waals surface area contributed by atoms with E-state index in [0.29, 0.717) is 19.4 Å². The van der Waals surface area contributed by atoms with Gasteiger partial charge in [0.2, 0.25) is 5.91 Å². The number of ether oxygens (including phenoxy) is 1. The number of aromatic nitrogens is 2. The Morgan fingerprint density at radius 3 is 3.00 bits per heavy atom. The molecule has 0 spiro atoms. The Balaban J connectivity index is 1.86. The van der Waals surface area contributed by atoms with Crippen molar-refractivity contribution in [2.24, 2.45) is 0 Å². The number of imidazole rings is 1.